The first-order chi connectivity index (χ1) is 9.15. The molecule has 5 nitrogen and oxygen atoms in total. The van der Waals surface area contributed by atoms with Gasteiger partial charge in [0.15, 0.2) is 5.84 Å². The maximum atomic E-state index is 12.7. The molecule has 0 saturated carbocycles. The van der Waals surface area contributed by atoms with Gasteiger partial charge in [0.25, 0.3) is 0 Å². The maximum absolute atomic E-state index is 12.7. The van der Waals surface area contributed by atoms with Crippen LogP contribution in [0.1, 0.15) is 25.1 Å². The summed E-state index contributed by atoms with van der Waals surface area (Å²) in [6, 6.07) is 2.62. The first kappa shape index (κ1) is 16.1. The number of rotatable bonds is 4. The lowest BCUT2D eigenvalue weighted by atomic mass is 10.1. The number of alkyl halides is 3. The van der Waals surface area contributed by atoms with Crippen molar-refractivity contribution >= 4 is 11.7 Å². The molecule has 0 spiro atoms. The van der Waals surface area contributed by atoms with Crippen molar-refractivity contribution in [3.05, 3.63) is 23.4 Å². The number of amidine groups is 1. The van der Waals surface area contributed by atoms with Gasteiger partial charge in [-0.3, -0.25) is 0 Å². The SMILES string of the molecule is Cc1ccc(C(N)=NO)c(N(CC(F)(F)F)C(C)C)n1. The Kier molecular flexibility index (Phi) is 4.80. The van der Waals surface area contributed by atoms with Crippen molar-refractivity contribution < 1.29 is 18.4 Å². The molecule has 0 bridgehead atoms. The second kappa shape index (κ2) is 5.98. The van der Waals surface area contributed by atoms with Crippen LogP contribution in [0.15, 0.2) is 17.3 Å². The molecule has 1 heterocycles. The van der Waals surface area contributed by atoms with E-state index in [2.05, 4.69) is 10.1 Å². The van der Waals surface area contributed by atoms with E-state index in [4.69, 9.17) is 10.9 Å². The van der Waals surface area contributed by atoms with Crippen LogP contribution in [0.2, 0.25) is 0 Å². The molecule has 0 fully saturated rings. The van der Waals surface area contributed by atoms with Gasteiger partial charge in [-0.2, -0.15) is 13.2 Å². The molecule has 1 rings (SSSR count). The van der Waals surface area contributed by atoms with Crippen molar-refractivity contribution in [2.45, 2.75) is 33.0 Å². The number of anilines is 1. The van der Waals surface area contributed by atoms with Gasteiger partial charge in [-0.25, -0.2) is 4.98 Å². The zero-order valence-corrected chi connectivity index (χ0v) is 11.4. The third-order valence-corrected chi connectivity index (χ3v) is 2.64. The second-order valence-electron chi connectivity index (χ2n) is 4.65. The van der Waals surface area contributed by atoms with E-state index in [9.17, 15) is 13.2 Å². The molecule has 1 aromatic rings. The highest BCUT2D eigenvalue weighted by Crippen LogP contribution is 2.26. The molecule has 0 aliphatic carbocycles. The van der Waals surface area contributed by atoms with Gasteiger partial charge in [0, 0.05) is 11.7 Å². The number of nitrogens with two attached hydrogens (primary N) is 1. The van der Waals surface area contributed by atoms with Crippen LogP contribution >= 0.6 is 0 Å². The van der Waals surface area contributed by atoms with Gasteiger partial charge in [0.05, 0.1) is 5.56 Å². The number of oxime groups is 1. The fourth-order valence-electron chi connectivity index (χ4n) is 1.71. The minimum Gasteiger partial charge on any atom is -0.409 e. The van der Waals surface area contributed by atoms with E-state index in [1.807, 2.05) is 0 Å². The summed E-state index contributed by atoms with van der Waals surface area (Å²) < 4.78 is 38.1. The zero-order chi connectivity index (χ0) is 15.5. The van der Waals surface area contributed by atoms with E-state index < -0.39 is 18.8 Å². The third-order valence-electron chi connectivity index (χ3n) is 2.64. The van der Waals surface area contributed by atoms with E-state index in [0.29, 0.717) is 5.69 Å². The van der Waals surface area contributed by atoms with Crippen LogP contribution in [-0.2, 0) is 0 Å². The fraction of sp³-hybridized carbons (Fsp3) is 0.500. The highest BCUT2D eigenvalue weighted by molar-refractivity contribution is 6.01. The van der Waals surface area contributed by atoms with E-state index >= 15 is 0 Å². The van der Waals surface area contributed by atoms with Gasteiger partial charge in [0.1, 0.15) is 12.4 Å². The number of aryl methyl sites for hydroxylation is 1. The van der Waals surface area contributed by atoms with E-state index in [1.54, 1.807) is 26.8 Å². The molecular formula is C12H17F3N4O. The monoisotopic (exact) mass is 290 g/mol. The van der Waals surface area contributed by atoms with Crippen LogP contribution in [0.25, 0.3) is 0 Å². The van der Waals surface area contributed by atoms with Crippen molar-refractivity contribution in [1.82, 2.24) is 4.98 Å². The summed E-state index contributed by atoms with van der Waals surface area (Å²) in [5.41, 5.74) is 6.21. The highest BCUT2D eigenvalue weighted by atomic mass is 19.4. The van der Waals surface area contributed by atoms with E-state index in [1.165, 1.54) is 6.07 Å². The predicted molar refractivity (Wildman–Crippen MR) is 70.0 cm³/mol. The Hall–Kier alpha value is -1.99. The predicted octanol–water partition coefficient (Wildman–Crippen LogP) is 2.26. The lowest BCUT2D eigenvalue weighted by molar-refractivity contribution is -0.120. The summed E-state index contributed by atoms with van der Waals surface area (Å²) in [7, 11) is 0. The minimum absolute atomic E-state index is 0.0487. The normalized spacial score (nSPS) is 12.8. The summed E-state index contributed by atoms with van der Waals surface area (Å²) in [6.45, 7) is 3.73. The number of hydrogen-bond acceptors (Lipinski definition) is 4. The molecule has 0 aliphatic rings. The average Bonchev–Trinajstić information content (AvgIpc) is 2.33. The number of pyridine rings is 1. The standard InChI is InChI=1S/C12H17F3N4O/c1-7(2)19(6-12(13,14)15)11-9(10(16)18-20)5-4-8(3)17-11/h4-5,7,20H,6H2,1-3H3,(H2,16,18). The summed E-state index contributed by atoms with van der Waals surface area (Å²) in [4.78, 5) is 5.17. The minimum atomic E-state index is -4.38. The first-order valence-electron chi connectivity index (χ1n) is 5.94. The summed E-state index contributed by atoms with van der Waals surface area (Å²) in [6.07, 6.45) is -4.38. The molecule has 20 heavy (non-hydrogen) atoms. The molecule has 8 heteroatoms. The van der Waals surface area contributed by atoms with Gasteiger partial charge in [-0.1, -0.05) is 5.16 Å². The largest absolute Gasteiger partial charge is 0.409 e. The number of halogens is 3. The Bertz CT molecular complexity index is 500. The molecular weight excluding hydrogens is 273 g/mol. The van der Waals surface area contributed by atoms with Crippen LogP contribution in [0, 0.1) is 6.92 Å². The number of hydrogen-bond donors (Lipinski definition) is 2. The van der Waals surface area contributed by atoms with Gasteiger partial charge in [-0.15, -0.1) is 0 Å². The summed E-state index contributed by atoms with van der Waals surface area (Å²) in [5, 5.41) is 11.6. The lowest BCUT2D eigenvalue weighted by Gasteiger charge is -2.30. The van der Waals surface area contributed by atoms with Crippen molar-refractivity contribution in [2.24, 2.45) is 10.9 Å². The topological polar surface area (TPSA) is 74.7 Å². The fourth-order valence-corrected chi connectivity index (χ4v) is 1.71. The Morgan fingerprint density at radius 3 is 2.50 bits per heavy atom. The lowest BCUT2D eigenvalue weighted by Crippen LogP contribution is -2.41. The van der Waals surface area contributed by atoms with Crippen molar-refractivity contribution in [3.8, 4) is 0 Å². The quantitative estimate of drug-likeness (QED) is 0.386. The molecule has 0 radical (unpaired) electrons. The Morgan fingerprint density at radius 1 is 1.45 bits per heavy atom. The Morgan fingerprint density at radius 2 is 2.05 bits per heavy atom. The zero-order valence-electron chi connectivity index (χ0n) is 11.4. The maximum Gasteiger partial charge on any atom is 0.405 e. The third kappa shape index (κ3) is 4.01. The number of aromatic nitrogens is 1. The molecule has 0 unspecified atom stereocenters. The summed E-state index contributed by atoms with van der Waals surface area (Å²) >= 11 is 0. The van der Waals surface area contributed by atoms with Crippen molar-refractivity contribution in [2.75, 3.05) is 11.4 Å². The molecule has 3 N–H and O–H groups in total. The molecule has 0 saturated heterocycles. The summed E-state index contributed by atoms with van der Waals surface area (Å²) in [5.74, 6) is -0.229. The van der Waals surface area contributed by atoms with Crippen LogP contribution in [0.3, 0.4) is 0 Å². The molecule has 112 valence electrons. The Labute approximate surface area is 114 Å². The van der Waals surface area contributed by atoms with Gasteiger partial charge in [-0.05, 0) is 32.9 Å². The molecule has 0 aliphatic heterocycles. The van der Waals surface area contributed by atoms with Gasteiger partial charge in [0.2, 0.25) is 0 Å². The molecule has 0 atom stereocenters. The van der Waals surface area contributed by atoms with Gasteiger partial charge >= 0.3 is 6.18 Å². The molecule has 0 aromatic carbocycles. The smallest absolute Gasteiger partial charge is 0.405 e. The van der Waals surface area contributed by atoms with Crippen molar-refractivity contribution in [1.29, 1.82) is 0 Å². The van der Waals surface area contributed by atoms with Crippen LogP contribution in [0.5, 0.6) is 0 Å². The van der Waals surface area contributed by atoms with Crippen LogP contribution < -0.4 is 10.6 Å². The second-order valence-corrected chi connectivity index (χ2v) is 4.65. The van der Waals surface area contributed by atoms with Crippen LogP contribution in [-0.4, -0.2) is 34.8 Å². The first-order valence-corrected chi connectivity index (χ1v) is 5.94. The van der Waals surface area contributed by atoms with E-state index in [0.717, 1.165) is 4.90 Å². The Balaban J connectivity index is 3.35. The van der Waals surface area contributed by atoms with Crippen molar-refractivity contribution in [3.63, 3.8) is 0 Å². The molecule has 1 aromatic heterocycles. The van der Waals surface area contributed by atoms with Crippen LogP contribution in [0.4, 0.5) is 19.0 Å². The number of nitrogens with zero attached hydrogens (tertiary/aromatic N) is 3. The highest BCUT2D eigenvalue weighted by Gasteiger charge is 2.33. The molecule has 0 amide bonds. The van der Waals surface area contributed by atoms with E-state index in [-0.39, 0.29) is 17.2 Å². The van der Waals surface area contributed by atoms with Gasteiger partial charge < -0.3 is 15.8 Å². The average molecular weight is 290 g/mol.